The van der Waals surface area contributed by atoms with Crippen molar-refractivity contribution in [2.24, 2.45) is 0 Å². The van der Waals surface area contributed by atoms with Crippen LogP contribution in [0.2, 0.25) is 0 Å². The molecule has 5 heteroatoms. The van der Waals surface area contributed by atoms with Gasteiger partial charge in [0.05, 0.1) is 5.69 Å². The summed E-state index contributed by atoms with van der Waals surface area (Å²) in [5.74, 6) is 1.54. The van der Waals surface area contributed by atoms with Crippen LogP contribution in [0, 0.1) is 13.8 Å². The molecule has 0 saturated heterocycles. The number of carbonyl (C=O) groups is 1. The number of hydrogen-bond donors (Lipinski definition) is 1. The van der Waals surface area contributed by atoms with Gasteiger partial charge in [-0.05, 0) is 43.5 Å². The average Bonchev–Trinajstić information content (AvgIpc) is 3.11. The lowest BCUT2D eigenvalue weighted by atomic mass is 10.1. The fraction of sp³-hybridized carbons (Fsp3) is 0.273. The van der Waals surface area contributed by atoms with Gasteiger partial charge in [0.2, 0.25) is 0 Å². The van der Waals surface area contributed by atoms with Gasteiger partial charge in [0.1, 0.15) is 11.6 Å². The fourth-order valence-electron chi connectivity index (χ4n) is 2.99. The Morgan fingerprint density at radius 1 is 1.15 bits per heavy atom. The second-order valence-corrected chi connectivity index (χ2v) is 6.47. The number of ether oxygens (including phenoxy) is 1. The van der Waals surface area contributed by atoms with Crippen LogP contribution in [-0.4, -0.2) is 21.6 Å². The van der Waals surface area contributed by atoms with Crippen LogP contribution < -0.4 is 10.1 Å². The molecule has 1 N–H and O–H groups in total. The highest BCUT2D eigenvalue weighted by Gasteiger charge is 2.19. The normalized spacial score (nSPS) is 11.8. The molecule has 1 heterocycles. The molecular weight excluding hydrogens is 338 g/mol. The maximum absolute atomic E-state index is 12.7. The summed E-state index contributed by atoms with van der Waals surface area (Å²) in [5.41, 5.74) is 3.06. The quantitative estimate of drug-likeness (QED) is 0.691. The Kier molecular flexibility index (Phi) is 5.91. The van der Waals surface area contributed by atoms with E-state index in [1.54, 1.807) is 6.20 Å². The number of nitrogens with zero attached hydrogens (tertiary/aromatic N) is 2. The molecule has 27 heavy (non-hydrogen) atoms. The summed E-state index contributed by atoms with van der Waals surface area (Å²) >= 11 is 0. The average molecular weight is 363 g/mol. The molecule has 0 unspecified atom stereocenters. The van der Waals surface area contributed by atoms with E-state index in [1.165, 1.54) is 0 Å². The van der Waals surface area contributed by atoms with Gasteiger partial charge in [0.15, 0.2) is 6.10 Å². The SMILES string of the molecule is CC[C@H](Oc1ccccc1C)C(=O)NCc1ccccc1-n1ccnc1C. The van der Waals surface area contributed by atoms with E-state index in [-0.39, 0.29) is 5.91 Å². The standard InChI is InChI=1S/C22H25N3O2/c1-4-20(27-21-12-8-5-9-16(21)2)22(26)24-15-18-10-6-7-11-19(18)25-14-13-23-17(25)3/h5-14,20H,4,15H2,1-3H3,(H,24,26)/t20-/m0/s1. The first-order valence-electron chi connectivity index (χ1n) is 9.18. The Hall–Kier alpha value is -3.08. The van der Waals surface area contributed by atoms with Crippen LogP contribution >= 0.6 is 0 Å². The van der Waals surface area contributed by atoms with Crippen LogP contribution in [0.15, 0.2) is 60.9 Å². The summed E-state index contributed by atoms with van der Waals surface area (Å²) in [6.45, 7) is 6.31. The predicted octanol–water partition coefficient (Wildman–Crippen LogP) is 3.96. The van der Waals surface area contributed by atoms with Crippen LogP contribution in [0.1, 0.15) is 30.3 Å². The Labute approximate surface area is 160 Å². The minimum absolute atomic E-state index is 0.113. The largest absolute Gasteiger partial charge is 0.480 e. The number of nitrogens with one attached hydrogen (secondary N) is 1. The highest BCUT2D eigenvalue weighted by atomic mass is 16.5. The van der Waals surface area contributed by atoms with Crippen molar-refractivity contribution in [1.29, 1.82) is 0 Å². The second-order valence-electron chi connectivity index (χ2n) is 6.47. The van der Waals surface area contributed by atoms with E-state index < -0.39 is 6.10 Å². The Bertz CT molecular complexity index is 917. The zero-order valence-corrected chi connectivity index (χ0v) is 16.0. The van der Waals surface area contributed by atoms with Gasteiger partial charge >= 0.3 is 0 Å². The molecule has 0 radical (unpaired) electrons. The number of aromatic nitrogens is 2. The number of imidazole rings is 1. The Morgan fingerprint density at radius 3 is 2.59 bits per heavy atom. The van der Waals surface area contributed by atoms with Crippen molar-refractivity contribution in [2.45, 2.75) is 39.8 Å². The second kappa shape index (κ2) is 8.54. The van der Waals surface area contributed by atoms with Crippen LogP contribution in [-0.2, 0) is 11.3 Å². The van der Waals surface area contributed by atoms with Gasteiger partial charge in [-0.2, -0.15) is 0 Å². The minimum Gasteiger partial charge on any atom is -0.480 e. The molecule has 0 bridgehead atoms. The molecule has 3 aromatic rings. The van der Waals surface area contributed by atoms with Crippen LogP contribution in [0.25, 0.3) is 5.69 Å². The third-order valence-electron chi connectivity index (χ3n) is 4.56. The zero-order valence-electron chi connectivity index (χ0n) is 16.0. The zero-order chi connectivity index (χ0) is 19.2. The van der Waals surface area contributed by atoms with E-state index in [0.717, 1.165) is 28.4 Å². The molecule has 1 aromatic heterocycles. The maximum Gasteiger partial charge on any atom is 0.261 e. The minimum atomic E-state index is -0.520. The summed E-state index contributed by atoms with van der Waals surface area (Å²) in [6, 6.07) is 15.7. The molecule has 5 nitrogen and oxygen atoms in total. The van der Waals surface area contributed by atoms with E-state index in [9.17, 15) is 4.79 Å². The first-order valence-corrected chi connectivity index (χ1v) is 9.18. The van der Waals surface area contributed by atoms with Gasteiger partial charge in [-0.3, -0.25) is 4.79 Å². The summed E-state index contributed by atoms with van der Waals surface area (Å²) in [5, 5.41) is 3.01. The first kappa shape index (κ1) is 18.7. The lowest BCUT2D eigenvalue weighted by Crippen LogP contribution is -2.37. The van der Waals surface area contributed by atoms with E-state index in [2.05, 4.69) is 10.3 Å². The van der Waals surface area contributed by atoms with Gasteiger partial charge in [-0.1, -0.05) is 43.3 Å². The van der Waals surface area contributed by atoms with Crippen molar-refractivity contribution in [1.82, 2.24) is 14.9 Å². The third kappa shape index (κ3) is 4.37. The summed E-state index contributed by atoms with van der Waals surface area (Å²) in [7, 11) is 0. The lowest BCUT2D eigenvalue weighted by molar-refractivity contribution is -0.128. The molecule has 1 atom stereocenters. The summed E-state index contributed by atoms with van der Waals surface area (Å²) in [6.07, 6.45) is 3.77. The first-order chi connectivity index (χ1) is 13.1. The van der Waals surface area contributed by atoms with Crippen molar-refractivity contribution in [3.05, 3.63) is 77.9 Å². The van der Waals surface area contributed by atoms with Crippen molar-refractivity contribution in [2.75, 3.05) is 0 Å². The van der Waals surface area contributed by atoms with Crippen molar-refractivity contribution < 1.29 is 9.53 Å². The highest BCUT2D eigenvalue weighted by Crippen LogP contribution is 2.19. The topological polar surface area (TPSA) is 56.1 Å². The fourth-order valence-corrected chi connectivity index (χ4v) is 2.99. The van der Waals surface area contributed by atoms with Crippen molar-refractivity contribution in [3.63, 3.8) is 0 Å². The van der Waals surface area contributed by atoms with Crippen LogP contribution in [0.4, 0.5) is 0 Å². The molecule has 0 spiro atoms. The summed E-state index contributed by atoms with van der Waals surface area (Å²) in [4.78, 5) is 17.0. The van der Waals surface area contributed by atoms with Gasteiger partial charge in [-0.15, -0.1) is 0 Å². The molecule has 0 saturated carbocycles. The number of benzene rings is 2. The van der Waals surface area contributed by atoms with Gasteiger partial charge < -0.3 is 14.6 Å². The maximum atomic E-state index is 12.7. The van der Waals surface area contributed by atoms with Crippen molar-refractivity contribution >= 4 is 5.91 Å². The lowest BCUT2D eigenvalue weighted by Gasteiger charge is -2.19. The molecule has 0 aliphatic carbocycles. The number of para-hydroxylation sites is 2. The van der Waals surface area contributed by atoms with E-state index in [4.69, 9.17) is 4.74 Å². The molecule has 3 rings (SSSR count). The third-order valence-corrected chi connectivity index (χ3v) is 4.56. The number of carbonyl (C=O) groups excluding carboxylic acids is 1. The van der Waals surface area contributed by atoms with E-state index in [1.807, 2.05) is 80.1 Å². The molecule has 2 aromatic carbocycles. The molecule has 0 aliphatic rings. The number of aryl methyl sites for hydroxylation is 2. The van der Waals surface area contributed by atoms with Gasteiger partial charge in [0, 0.05) is 18.9 Å². The Balaban J connectivity index is 1.70. The van der Waals surface area contributed by atoms with E-state index >= 15 is 0 Å². The van der Waals surface area contributed by atoms with Crippen LogP contribution in [0.5, 0.6) is 5.75 Å². The molecule has 1 amide bonds. The van der Waals surface area contributed by atoms with Crippen LogP contribution in [0.3, 0.4) is 0 Å². The monoisotopic (exact) mass is 363 g/mol. The van der Waals surface area contributed by atoms with Crippen molar-refractivity contribution in [3.8, 4) is 11.4 Å². The molecule has 140 valence electrons. The van der Waals surface area contributed by atoms with E-state index in [0.29, 0.717) is 13.0 Å². The molecular formula is C22H25N3O2. The molecule has 0 aliphatic heterocycles. The van der Waals surface area contributed by atoms with Gasteiger partial charge in [0.25, 0.3) is 5.91 Å². The van der Waals surface area contributed by atoms with Gasteiger partial charge in [-0.25, -0.2) is 4.98 Å². The Morgan fingerprint density at radius 2 is 1.89 bits per heavy atom. The predicted molar refractivity (Wildman–Crippen MR) is 106 cm³/mol. The highest BCUT2D eigenvalue weighted by molar-refractivity contribution is 5.81. The number of rotatable bonds is 7. The summed E-state index contributed by atoms with van der Waals surface area (Å²) < 4.78 is 7.96. The number of hydrogen-bond acceptors (Lipinski definition) is 3. The molecule has 0 fully saturated rings. The number of amides is 1. The smallest absolute Gasteiger partial charge is 0.261 e.